The fourth-order valence-corrected chi connectivity index (χ4v) is 11.9. The van der Waals surface area contributed by atoms with Crippen molar-refractivity contribution in [2.75, 3.05) is 39.6 Å². The summed E-state index contributed by atoms with van der Waals surface area (Å²) in [7, 11) is -9.92. The van der Waals surface area contributed by atoms with Gasteiger partial charge in [0.2, 0.25) is 0 Å². The lowest BCUT2D eigenvalue weighted by atomic mass is 10.00. The molecule has 0 radical (unpaired) electrons. The molecule has 0 heterocycles. The van der Waals surface area contributed by atoms with Gasteiger partial charge in [0, 0.05) is 25.7 Å². The summed E-state index contributed by atoms with van der Waals surface area (Å²) < 4.78 is 68.3. The quantitative estimate of drug-likeness (QED) is 0.0169. The van der Waals surface area contributed by atoms with E-state index in [1.54, 1.807) is 0 Å². The van der Waals surface area contributed by atoms with Crippen LogP contribution in [-0.2, 0) is 65.4 Å². The van der Waals surface area contributed by atoms with Gasteiger partial charge in [-0.3, -0.25) is 37.3 Å². The number of aliphatic hydroxyl groups excluding tert-OH is 1. The van der Waals surface area contributed by atoms with E-state index in [2.05, 4.69) is 72.8 Å². The smallest absolute Gasteiger partial charge is 0.462 e. The maximum Gasteiger partial charge on any atom is 0.472 e. The lowest BCUT2D eigenvalue weighted by Crippen LogP contribution is -2.30. The molecule has 0 aliphatic rings. The number of esters is 4. The highest BCUT2D eigenvalue weighted by molar-refractivity contribution is 7.47. The van der Waals surface area contributed by atoms with Crippen molar-refractivity contribution in [3.8, 4) is 0 Å². The van der Waals surface area contributed by atoms with Crippen molar-refractivity contribution in [1.29, 1.82) is 0 Å². The fourth-order valence-electron chi connectivity index (χ4n) is 10.3. The molecule has 4 unspecified atom stereocenters. The first-order valence-corrected chi connectivity index (χ1v) is 39.7. The predicted molar refractivity (Wildman–Crippen MR) is 367 cm³/mol. The third kappa shape index (κ3) is 64.6. The van der Waals surface area contributed by atoms with E-state index >= 15 is 0 Å². The molecular formula is C72H136O17P2. The normalized spacial score (nSPS) is 14.6. The first-order chi connectivity index (χ1) is 43.8. The lowest BCUT2D eigenvalue weighted by molar-refractivity contribution is -0.161. The van der Waals surface area contributed by atoms with Crippen molar-refractivity contribution >= 4 is 39.5 Å². The topological polar surface area (TPSA) is 237 Å². The molecule has 0 aliphatic carbocycles. The number of allylic oxidation sites excluding steroid dienone is 4. The highest BCUT2D eigenvalue weighted by atomic mass is 31.2. The molecule has 3 N–H and O–H groups in total. The van der Waals surface area contributed by atoms with Crippen LogP contribution in [0.15, 0.2) is 24.3 Å². The number of hydrogen-bond donors (Lipinski definition) is 3. The molecule has 0 fully saturated rings. The molecule has 536 valence electrons. The Labute approximate surface area is 554 Å². The van der Waals surface area contributed by atoms with Gasteiger partial charge in [-0.05, 0) is 69.1 Å². The zero-order chi connectivity index (χ0) is 67.3. The van der Waals surface area contributed by atoms with Gasteiger partial charge in [-0.15, -0.1) is 0 Å². The molecule has 0 saturated carbocycles. The van der Waals surface area contributed by atoms with Crippen LogP contribution in [0.4, 0.5) is 0 Å². The third-order valence-electron chi connectivity index (χ3n) is 16.4. The van der Waals surface area contributed by atoms with Crippen molar-refractivity contribution in [3.63, 3.8) is 0 Å². The van der Waals surface area contributed by atoms with Crippen molar-refractivity contribution in [2.45, 2.75) is 356 Å². The zero-order valence-corrected chi connectivity index (χ0v) is 60.6. The minimum absolute atomic E-state index is 0.0837. The Hall–Kier alpha value is -2.46. The van der Waals surface area contributed by atoms with E-state index in [4.69, 9.17) is 37.0 Å². The summed E-state index contributed by atoms with van der Waals surface area (Å²) in [6.45, 7) is 11.7. The largest absolute Gasteiger partial charge is 0.472 e. The van der Waals surface area contributed by atoms with Gasteiger partial charge in [-0.1, -0.05) is 285 Å². The molecule has 0 spiro atoms. The number of carbonyl (C=O) groups excluding carboxylic acids is 4. The lowest BCUT2D eigenvalue weighted by Gasteiger charge is -2.21. The number of rotatable bonds is 68. The van der Waals surface area contributed by atoms with E-state index in [0.29, 0.717) is 31.6 Å². The molecule has 0 bridgehead atoms. The van der Waals surface area contributed by atoms with Crippen LogP contribution in [0.25, 0.3) is 0 Å². The van der Waals surface area contributed by atoms with Gasteiger partial charge in [0.15, 0.2) is 12.2 Å². The maximum absolute atomic E-state index is 13.0. The van der Waals surface area contributed by atoms with Gasteiger partial charge >= 0.3 is 39.5 Å². The van der Waals surface area contributed by atoms with Crippen molar-refractivity contribution in [1.82, 2.24) is 0 Å². The van der Waals surface area contributed by atoms with E-state index in [-0.39, 0.29) is 25.7 Å². The Morgan fingerprint density at radius 2 is 0.648 bits per heavy atom. The van der Waals surface area contributed by atoms with Crippen molar-refractivity contribution in [2.24, 2.45) is 17.8 Å². The number of hydrogen-bond acceptors (Lipinski definition) is 15. The minimum Gasteiger partial charge on any atom is -0.462 e. The van der Waals surface area contributed by atoms with Crippen molar-refractivity contribution < 1.29 is 80.2 Å². The van der Waals surface area contributed by atoms with Gasteiger partial charge in [-0.25, -0.2) is 9.13 Å². The Balaban J connectivity index is 5.28. The van der Waals surface area contributed by atoms with Crippen LogP contribution in [0.3, 0.4) is 0 Å². The van der Waals surface area contributed by atoms with Gasteiger partial charge in [0.1, 0.15) is 19.3 Å². The number of ether oxygens (including phenoxy) is 4. The number of unbranched alkanes of at least 4 members (excludes halogenated alkanes) is 32. The van der Waals surface area contributed by atoms with E-state index in [9.17, 15) is 43.2 Å². The van der Waals surface area contributed by atoms with Crippen LogP contribution < -0.4 is 0 Å². The Morgan fingerprint density at radius 3 is 0.978 bits per heavy atom. The number of phosphoric acid groups is 2. The van der Waals surface area contributed by atoms with Crippen LogP contribution in [0.1, 0.15) is 337 Å². The molecule has 0 saturated heterocycles. The molecule has 0 aromatic heterocycles. The van der Waals surface area contributed by atoms with Crippen LogP contribution in [0, 0.1) is 17.8 Å². The standard InChI is InChI=1S/C72H136O17P2/c1-8-10-11-12-13-14-15-16-17-20-23-26-31-41-48-55-72(77)89-68(60-83-70(75)54-47-40-35-34-38-45-52-65(7)9-2)62-87-91(80,81)85-58-66(73)57-84-90(78,79)86-61-67(59-82-69(74)53-46-39-33-28-30-37-44-51-64(5)6)88-71(76)56-49-42-32-27-24-21-18-19-22-25-29-36-43-50-63(3)4/h14-17,63-68,73H,8-13,18-62H2,1-7H3,(H,78,79)(H,80,81)/b15-14-,17-16-/t65?,66?,67-,68-/m1/s1. The summed E-state index contributed by atoms with van der Waals surface area (Å²) in [6.07, 6.45) is 49.5. The molecule has 91 heavy (non-hydrogen) atoms. The van der Waals surface area contributed by atoms with E-state index < -0.39 is 97.5 Å². The van der Waals surface area contributed by atoms with Gasteiger partial charge < -0.3 is 33.8 Å². The zero-order valence-electron chi connectivity index (χ0n) is 58.8. The second-order valence-electron chi connectivity index (χ2n) is 26.5. The van der Waals surface area contributed by atoms with Crippen LogP contribution in [-0.4, -0.2) is 96.7 Å². The van der Waals surface area contributed by atoms with Crippen LogP contribution in [0.2, 0.25) is 0 Å². The molecule has 0 rings (SSSR count). The molecule has 19 heteroatoms. The fraction of sp³-hybridized carbons (Fsp3) is 0.889. The van der Waals surface area contributed by atoms with Crippen LogP contribution >= 0.6 is 15.6 Å². The average molecular weight is 1340 g/mol. The molecule has 0 aliphatic heterocycles. The first kappa shape index (κ1) is 88.5. The average Bonchev–Trinajstić information content (AvgIpc) is 2.70. The third-order valence-corrected chi connectivity index (χ3v) is 18.3. The first-order valence-electron chi connectivity index (χ1n) is 36.7. The Morgan fingerprint density at radius 1 is 0.363 bits per heavy atom. The summed E-state index contributed by atoms with van der Waals surface area (Å²) in [5, 5.41) is 10.6. The molecule has 0 aromatic carbocycles. The van der Waals surface area contributed by atoms with E-state index in [0.717, 1.165) is 127 Å². The Kier molecular flexibility index (Phi) is 60.7. The number of aliphatic hydroxyl groups is 1. The van der Waals surface area contributed by atoms with Gasteiger partial charge in [0.25, 0.3) is 0 Å². The number of phosphoric ester groups is 2. The van der Waals surface area contributed by atoms with Gasteiger partial charge in [-0.2, -0.15) is 0 Å². The monoisotopic (exact) mass is 1330 g/mol. The maximum atomic E-state index is 13.0. The molecule has 6 atom stereocenters. The van der Waals surface area contributed by atoms with Crippen molar-refractivity contribution in [3.05, 3.63) is 24.3 Å². The second kappa shape index (κ2) is 62.4. The second-order valence-corrected chi connectivity index (χ2v) is 29.4. The summed E-state index contributed by atoms with van der Waals surface area (Å²) in [5.41, 5.74) is 0. The predicted octanol–water partition coefficient (Wildman–Crippen LogP) is 20.2. The summed E-state index contributed by atoms with van der Waals surface area (Å²) in [5.74, 6) is 0.0593. The van der Waals surface area contributed by atoms with E-state index in [1.807, 2.05) is 0 Å². The molecule has 0 amide bonds. The highest BCUT2D eigenvalue weighted by Gasteiger charge is 2.30. The van der Waals surface area contributed by atoms with Crippen LogP contribution in [0.5, 0.6) is 0 Å². The Bertz CT molecular complexity index is 1880. The summed E-state index contributed by atoms with van der Waals surface area (Å²) >= 11 is 0. The SMILES string of the molecule is CCCCCC/C=C\C=C/CCCCCCCC(=O)O[C@H](COC(=O)CCCCCCCCC(C)CC)COP(=O)(O)OCC(O)COP(=O)(O)OC[C@@H](COC(=O)CCCCCCCCCC(C)C)OC(=O)CCCCCCCCCCCCCCCC(C)C. The minimum atomic E-state index is -4.96. The molecular weight excluding hydrogens is 1200 g/mol. The highest BCUT2D eigenvalue weighted by Crippen LogP contribution is 2.45. The number of carbonyl (C=O) groups is 4. The summed E-state index contributed by atoms with van der Waals surface area (Å²) in [4.78, 5) is 72.6. The molecule has 0 aromatic rings. The summed E-state index contributed by atoms with van der Waals surface area (Å²) in [6, 6.07) is 0. The van der Waals surface area contributed by atoms with Gasteiger partial charge in [0.05, 0.1) is 26.4 Å². The molecule has 17 nitrogen and oxygen atoms in total. The van der Waals surface area contributed by atoms with E-state index in [1.165, 1.54) is 122 Å².